The van der Waals surface area contributed by atoms with E-state index in [1.807, 2.05) is 0 Å². The minimum atomic E-state index is -0.688. The Morgan fingerprint density at radius 2 is 1.56 bits per heavy atom. The molecular weight excluding hydrogens is 406 g/mol. The summed E-state index contributed by atoms with van der Waals surface area (Å²) in [7, 11) is 0. The van der Waals surface area contributed by atoms with Gasteiger partial charge in [0.2, 0.25) is 0 Å². The molecule has 32 heavy (non-hydrogen) atoms. The number of fused-ring (bicyclic) bond motifs is 1. The predicted octanol–water partition coefficient (Wildman–Crippen LogP) is 6.04. The molecule has 0 spiro atoms. The molecule has 0 aliphatic heterocycles. The first-order valence-electron chi connectivity index (χ1n) is 11.6. The second-order valence-corrected chi connectivity index (χ2v) is 11.2. The average molecular weight is 442 g/mol. The van der Waals surface area contributed by atoms with Gasteiger partial charge in [0.25, 0.3) is 0 Å². The van der Waals surface area contributed by atoms with Crippen LogP contribution in [0.15, 0.2) is 24.3 Å². The van der Waals surface area contributed by atoms with E-state index in [1.54, 1.807) is 41.5 Å². The standard InChI is InChI=1S/C25H35N3O4/c1-24(2,3)31-22(29)27(23(30)32-25(4,5)6)15-16-13-18(14-16)28-20-10-8-7-9-19(20)21(26-28)17-11-12-17/h7-10,16-18H,11-15H2,1-6H3. The van der Waals surface area contributed by atoms with Gasteiger partial charge >= 0.3 is 12.2 Å². The number of para-hydroxylation sites is 1. The smallest absolute Gasteiger partial charge is 0.419 e. The molecule has 2 amide bonds. The maximum Gasteiger partial charge on any atom is 0.419 e. The Balaban J connectivity index is 1.46. The van der Waals surface area contributed by atoms with E-state index in [0.717, 1.165) is 17.7 Å². The molecule has 0 bridgehead atoms. The van der Waals surface area contributed by atoms with Crippen molar-refractivity contribution in [1.29, 1.82) is 0 Å². The van der Waals surface area contributed by atoms with E-state index in [1.165, 1.54) is 29.4 Å². The summed E-state index contributed by atoms with van der Waals surface area (Å²) in [6.07, 6.45) is 2.84. The summed E-state index contributed by atoms with van der Waals surface area (Å²) < 4.78 is 13.1. The van der Waals surface area contributed by atoms with Crippen molar-refractivity contribution in [3.05, 3.63) is 30.0 Å². The van der Waals surface area contributed by atoms with Crippen molar-refractivity contribution in [2.75, 3.05) is 6.54 Å². The normalized spacial score (nSPS) is 21.2. The summed E-state index contributed by atoms with van der Waals surface area (Å²) in [6, 6.07) is 8.70. The molecule has 2 fully saturated rings. The number of rotatable bonds is 4. The van der Waals surface area contributed by atoms with Crippen LogP contribution in [-0.4, -0.2) is 44.6 Å². The summed E-state index contributed by atoms with van der Waals surface area (Å²) in [4.78, 5) is 26.6. The van der Waals surface area contributed by atoms with Crippen molar-refractivity contribution < 1.29 is 19.1 Å². The monoisotopic (exact) mass is 441 g/mol. The van der Waals surface area contributed by atoms with Gasteiger partial charge in [0.05, 0.1) is 17.3 Å². The molecule has 7 nitrogen and oxygen atoms in total. The highest BCUT2D eigenvalue weighted by molar-refractivity contribution is 5.88. The number of nitrogens with zero attached hydrogens (tertiary/aromatic N) is 3. The van der Waals surface area contributed by atoms with Gasteiger partial charge in [0.1, 0.15) is 11.2 Å². The highest BCUT2D eigenvalue weighted by Gasteiger charge is 2.39. The molecule has 2 aromatic rings. The number of carbonyl (C=O) groups is 2. The van der Waals surface area contributed by atoms with Crippen molar-refractivity contribution in [2.45, 2.75) is 90.4 Å². The zero-order valence-electron chi connectivity index (χ0n) is 20.1. The van der Waals surface area contributed by atoms with E-state index < -0.39 is 23.4 Å². The van der Waals surface area contributed by atoms with Crippen LogP contribution in [0.5, 0.6) is 0 Å². The Kier molecular flexibility index (Phi) is 5.72. The van der Waals surface area contributed by atoms with Crippen LogP contribution in [0.2, 0.25) is 0 Å². The predicted molar refractivity (Wildman–Crippen MR) is 123 cm³/mol. The fourth-order valence-corrected chi connectivity index (χ4v) is 4.22. The number of benzene rings is 1. The number of ether oxygens (including phenoxy) is 2. The van der Waals surface area contributed by atoms with Crippen molar-refractivity contribution in [1.82, 2.24) is 14.7 Å². The maximum atomic E-state index is 12.8. The first-order chi connectivity index (χ1) is 14.9. The molecule has 0 radical (unpaired) electrons. The molecule has 2 saturated carbocycles. The van der Waals surface area contributed by atoms with Gasteiger partial charge in [-0.15, -0.1) is 0 Å². The summed E-state index contributed by atoms with van der Waals surface area (Å²) in [5.74, 6) is 0.777. The lowest BCUT2D eigenvalue weighted by atomic mass is 9.80. The van der Waals surface area contributed by atoms with E-state index in [0.29, 0.717) is 5.92 Å². The molecule has 1 aromatic carbocycles. The van der Waals surface area contributed by atoms with Crippen molar-refractivity contribution in [3.8, 4) is 0 Å². The fourth-order valence-electron chi connectivity index (χ4n) is 4.22. The lowest BCUT2D eigenvalue weighted by Crippen LogP contribution is -2.47. The number of hydrogen-bond donors (Lipinski definition) is 0. The first kappa shape index (κ1) is 22.6. The van der Waals surface area contributed by atoms with E-state index in [4.69, 9.17) is 14.6 Å². The van der Waals surface area contributed by atoms with E-state index >= 15 is 0 Å². The Morgan fingerprint density at radius 1 is 1.00 bits per heavy atom. The Bertz CT molecular complexity index is 976. The fraction of sp³-hybridized carbons (Fsp3) is 0.640. The SMILES string of the molecule is CC(C)(C)OC(=O)N(CC1CC(n2nc(C3CC3)c3ccccc32)C1)C(=O)OC(C)(C)C. The number of imide groups is 1. The molecule has 7 heteroatoms. The summed E-state index contributed by atoms with van der Waals surface area (Å²) in [5.41, 5.74) is 1.02. The van der Waals surface area contributed by atoms with Gasteiger partial charge in [-0.25, -0.2) is 14.5 Å². The summed E-state index contributed by atoms with van der Waals surface area (Å²) in [5, 5.41) is 6.23. The molecule has 1 heterocycles. The first-order valence-corrected chi connectivity index (χ1v) is 11.6. The maximum absolute atomic E-state index is 12.8. The third kappa shape index (κ3) is 5.08. The second kappa shape index (κ2) is 8.09. The van der Waals surface area contributed by atoms with Crippen LogP contribution >= 0.6 is 0 Å². The van der Waals surface area contributed by atoms with Crippen LogP contribution in [0.25, 0.3) is 10.9 Å². The van der Waals surface area contributed by atoms with Gasteiger partial charge in [-0.1, -0.05) is 18.2 Å². The van der Waals surface area contributed by atoms with Gasteiger partial charge in [-0.05, 0) is 79.2 Å². The van der Waals surface area contributed by atoms with Gasteiger partial charge < -0.3 is 9.47 Å². The second-order valence-electron chi connectivity index (χ2n) is 11.2. The number of hydrogen-bond acceptors (Lipinski definition) is 5. The van der Waals surface area contributed by atoms with Crippen molar-refractivity contribution in [2.24, 2.45) is 5.92 Å². The number of amides is 2. The summed E-state index contributed by atoms with van der Waals surface area (Å²) in [6.45, 7) is 11.0. The highest BCUT2D eigenvalue weighted by Crippen LogP contribution is 2.45. The van der Waals surface area contributed by atoms with E-state index in [-0.39, 0.29) is 18.5 Å². The van der Waals surface area contributed by atoms with Crippen LogP contribution in [0.4, 0.5) is 9.59 Å². The quantitative estimate of drug-likeness (QED) is 0.578. The van der Waals surface area contributed by atoms with Gasteiger partial charge in [-0.2, -0.15) is 5.10 Å². The lowest BCUT2D eigenvalue weighted by Gasteiger charge is -2.38. The summed E-state index contributed by atoms with van der Waals surface area (Å²) >= 11 is 0. The number of aromatic nitrogens is 2. The van der Waals surface area contributed by atoms with Crippen molar-refractivity contribution >= 4 is 23.1 Å². The molecule has 2 aliphatic carbocycles. The van der Waals surface area contributed by atoms with Crippen LogP contribution in [0.3, 0.4) is 0 Å². The topological polar surface area (TPSA) is 73.7 Å². The minimum absolute atomic E-state index is 0.187. The third-order valence-corrected chi connectivity index (χ3v) is 5.83. The molecule has 0 saturated heterocycles. The highest BCUT2D eigenvalue weighted by atomic mass is 16.6. The van der Waals surface area contributed by atoms with Crippen LogP contribution in [-0.2, 0) is 9.47 Å². The largest absolute Gasteiger partial charge is 0.443 e. The Hall–Kier alpha value is -2.57. The van der Waals surface area contributed by atoms with Gasteiger partial charge in [0, 0.05) is 17.8 Å². The molecule has 4 rings (SSSR count). The zero-order chi connectivity index (χ0) is 23.3. The average Bonchev–Trinajstić information content (AvgIpc) is 3.39. The lowest BCUT2D eigenvalue weighted by molar-refractivity contribution is -0.00631. The van der Waals surface area contributed by atoms with E-state index in [2.05, 4.69) is 28.9 Å². The number of carbonyl (C=O) groups excluding carboxylic acids is 2. The Morgan fingerprint density at radius 3 is 2.09 bits per heavy atom. The molecule has 0 atom stereocenters. The minimum Gasteiger partial charge on any atom is -0.443 e. The molecular formula is C25H35N3O4. The molecule has 174 valence electrons. The third-order valence-electron chi connectivity index (χ3n) is 5.83. The molecule has 1 aromatic heterocycles. The van der Waals surface area contributed by atoms with E-state index in [9.17, 15) is 9.59 Å². The van der Waals surface area contributed by atoms with Gasteiger partial charge in [0.15, 0.2) is 0 Å². The van der Waals surface area contributed by atoms with Gasteiger partial charge in [-0.3, -0.25) is 4.68 Å². The zero-order valence-corrected chi connectivity index (χ0v) is 20.1. The van der Waals surface area contributed by atoms with Crippen LogP contribution in [0, 0.1) is 5.92 Å². The molecule has 2 aliphatic rings. The molecule has 0 N–H and O–H groups in total. The van der Waals surface area contributed by atoms with Crippen LogP contribution < -0.4 is 0 Å². The Labute approximate surface area is 190 Å². The van der Waals surface area contributed by atoms with Crippen LogP contribution in [0.1, 0.15) is 84.9 Å². The van der Waals surface area contributed by atoms with Crippen molar-refractivity contribution in [3.63, 3.8) is 0 Å². The molecule has 0 unspecified atom stereocenters.